The molecule has 0 unspecified atom stereocenters. The van der Waals surface area contributed by atoms with Gasteiger partial charge in [-0.15, -0.1) is 0 Å². The predicted octanol–water partition coefficient (Wildman–Crippen LogP) is 1.46. The lowest BCUT2D eigenvalue weighted by Gasteiger charge is -2.02. The molecule has 0 saturated carbocycles. The lowest BCUT2D eigenvalue weighted by molar-refractivity contribution is -0.132. The fourth-order valence-electron chi connectivity index (χ4n) is 0.810. The molecular formula is C10H18O4. The second-order valence-electron chi connectivity index (χ2n) is 2.79. The van der Waals surface area contributed by atoms with Gasteiger partial charge in [0.1, 0.15) is 0 Å². The third kappa shape index (κ3) is 7.76. The van der Waals surface area contributed by atoms with E-state index in [4.69, 9.17) is 14.6 Å². The summed E-state index contributed by atoms with van der Waals surface area (Å²) in [4.78, 5) is 10.4. The van der Waals surface area contributed by atoms with E-state index in [2.05, 4.69) is 0 Å². The molecule has 4 nitrogen and oxygen atoms in total. The van der Waals surface area contributed by atoms with E-state index in [0.29, 0.717) is 38.4 Å². The quantitative estimate of drug-likeness (QED) is 0.478. The van der Waals surface area contributed by atoms with Crippen molar-refractivity contribution in [3.63, 3.8) is 0 Å². The zero-order valence-corrected chi connectivity index (χ0v) is 8.78. The Labute approximate surface area is 84.5 Å². The van der Waals surface area contributed by atoms with Crippen LogP contribution < -0.4 is 0 Å². The summed E-state index contributed by atoms with van der Waals surface area (Å²) in [6, 6.07) is 0. The van der Waals surface area contributed by atoms with Crippen molar-refractivity contribution in [1.29, 1.82) is 0 Å². The van der Waals surface area contributed by atoms with Crippen LogP contribution in [0.25, 0.3) is 0 Å². The maximum Gasteiger partial charge on any atom is 0.330 e. The molecule has 0 aliphatic rings. The number of hydrogen-bond donors (Lipinski definition) is 1. The van der Waals surface area contributed by atoms with Crippen molar-refractivity contribution in [1.82, 2.24) is 0 Å². The summed E-state index contributed by atoms with van der Waals surface area (Å²) in [6.07, 6.45) is 2.28. The van der Waals surface area contributed by atoms with Crippen LogP contribution in [0.4, 0.5) is 0 Å². The van der Waals surface area contributed by atoms with E-state index in [1.54, 1.807) is 13.0 Å². The van der Waals surface area contributed by atoms with Crippen LogP contribution in [0.5, 0.6) is 0 Å². The molecule has 0 aliphatic carbocycles. The Morgan fingerprint density at radius 2 is 1.93 bits per heavy atom. The van der Waals surface area contributed by atoms with E-state index in [9.17, 15) is 4.79 Å². The first-order chi connectivity index (χ1) is 6.68. The van der Waals surface area contributed by atoms with E-state index < -0.39 is 5.97 Å². The SMILES string of the molecule is CCOCCOCCC=C(C)C(=O)O. The van der Waals surface area contributed by atoms with E-state index in [1.165, 1.54) is 0 Å². The molecule has 1 N–H and O–H groups in total. The second kappa shape index (κ2) is 8.72. The van der Waals surface area contributed by atoms with Crippen molar-refractivity contribution in [2.45, 2.75) is 20.3 Å². The number of hydrogen-bond acceptors (Lipinski definition) is 3. The molecule has 0 atom stereocenters. The molecule has 82 valence electrons. The average Bonchev–Trinajstić information content (AvgIpc) is 2.16. The minimum Gasteiger partial charge on any atom is -0.478 e. The first kappa shape index (κ1) is 13.1. The minimum absolute atomic E-state index is 0.360. The zero-order valence-electron chi connectivity index (χ0n) is 8.78. The van der Waals surface area contributed by atoms with Gasteiger partial charge in [0.15, 0.2) is 0 Å². The van der Waals surface area contributed by atoms with Crippen LogP contribution in [0.15, 0.2) is 11.6 Å². The average molecular weight is 202 g/mol. The van der Waals surface area contributed by atoms with Gasteiger partial charge in [-0.05, 0) is 20.3 Å². The van der Waals surface area contributed by atoms with Gasteiger partial charge in [0.25, 0.3) is 0 Å². The summed E-state index contributed by atoms with van der Waals surface area (Å²) in [6.45, 7) is 5.90. The van der Waals surface area contributed by atoms with Gasteiger partial charge in [-0.25, -0.2) is 4.79 Å². The molecule has 0 fully saturated rings. The summed E-state index contributed by atoms with van der Waals surface area (Å²) in [5.74, 6) is -0.876. The first-order valence-corrected chi connectivity index (χ1v) is 4.74. The Balaban J connectivity index is 3.29. The number of rotatable bonds is 8. The van der Waals surface area contributed by atoms with Crippen LogP contribution in [0, 0.1) is 0 Å². The van der Waals surface area contributed by atoms with Gasteiger partial charge in [0, 0.05) is 12.2 Å². The maximum absolute atomic E-state index is 10.4. The lowest BCUT2D eigenvalue weighted by atomic mass is 10.2. The monoisotopic (exact) mass is 202 g/mol. The summed E-state index contributed by atoms with van der Waals surface area (Å²) < 4.78 is 10.3. The van der Waals surface area contributed by atoms with Crippen LogP contribution in [-0.4, -0.2) is 37.5 Å². The topological polar surface area (TPSA) is 55.8 Å². The largest absolute Gasteiger partial charge is 0.478 e. The fourth-order valence-corrected chi connectivity index (χ4v) is 0.810. The second-order valence-corrected chi connectivity index (χ2v) is 2.79. The third-order valence-electron chi connectivity index (χ3n) is 1.63. The molecule has 0 aliphatic heterocycles. The number of aliphatic carboxylic acids is 1. The fraction of sp³-hybridized carbons (Fsp3) is 0.700. The van der Waals surface area contributed by atoms with Gasteiger partial charge >= 0.3 is 5.97 Å². The number of carboxylic acids is 1. The van der Waals surface area contributed by atoms with Gasteiger partial charge in [-0.3, -0.25) is 0 Å². The van der Waals surface area contributed by atoms with Gasteiger partial charge < -0.3 is 14.6 Å². The Morgan fingerprint density at radius 3 is 2.50 bits per heavy atom. The molecule has 0 bridgehead atoms. The molecule has 0 aromatic rings. The highest BCUT2D eigenvalue weighted by atomic mass is 16.5. The van der Waals surface area contributed by atoms with Crippen molar-refractivity contribution >= 4 is 5.97 Å². The Bertz CT molecular complexity index is 187. The molecule has 4 heteroatoms. The number of ether oxygens (including phenoxy) is 2. The smallest absolute Gasteiger partial charge is 0.330 e. The van der Waals surface area contributed by atoms with Gasteiger partial charge in [0.2, 0.25) is 0 Å². The molecule has 14 heavy (non-hydrogen) atoms. The summed E-state index contributed by atoms with van der Waals surface area (Å²) in [7, 11) is 0. The highest BCUT2D eigenvalue weighted by Gasteiger charge is 1.97. The van der Waals surface area contributed by atoms with Crippen molar-refractivity contribution in [2.24, 2.45) is 0 Å². The molecule has 0 amide bonds. The van der Waals surface area contributed by atoms with E-state index in [0.717, 1.165) is 0 Å². The highest BCUT2D eigenvalue weighted by molar-refractivity contribution is 5.85. The standard InChI is InChI=1S/C10H18O4/c1-3-13-7-8-14-6-4-5-9(2)10(11)12/h5H,3-4,6-8H2,1-2H3,(H,11,12). The van der Waals surface area contributed by atoms with E-state index in [1.807, 2.05) is 6.92 Å². The van der Waals surface area contributed by atoms with Crippen LogP contribution in [0.3, 0.4) is 0 Å². The molecule has 0 spiro atoms. The van der Waals surface area contributed by atoms with Crippen molar-refractivity contribution in [2.75, 3.05) is 26.4 Å². The summed E-state index contributed by atoms with van der Waals surface area (Å²) >= 11 is 0. The van der Waals surface area contributed by atoms with Crippen LogP contribution in [0.2, 0.25) is 0 Å². The number of carboxylic acid groups (broad SMARTS) is 1. The Hall–Kier alpha value is -0.870. The summed E-state index contributed by atoms with van der Waals surface area (Å²) in [5.41, 5.74) is 0.360. The Morgan fingerprint density at radius 1 is 1.29 bits per heavy atom. The van der Waals surface area contributed by atoms with E-state index in [-0.39, 0.29) is 0 Å². The third-order valence-corrected chi connectivity index (χ3v) is 1.63. The Kier molecular flexibility index (Phi) is 8.17. The maximum atomic E-state index is 10.4. The van der Waals surface area contributed by atoms with Crippen molar-refractivity contribution < 1.29 is 19.4 Å². The molecular weight excluding hydrogens is 184 g/mol. The zero-order chi connectivity index (χ0) is 10.8. The van der Waals surface area contributed by atoms with Gasteiger partial charge in [-0.1, -0.05) is 6.08 Å². The van der Waals surface area contributed by atoms with Crippen molar-refractivity contribution in [3.8, 4) is 0 Å². The summed E-state index contributed by atoms with van der Waals surface area (Å²) in [5, 5.41) is 8.53. The van der Waals surface area contributed by atoms with Gasteiger partial charge in [-0.2, -0.15) is 0 Å². The molecule has 0 rings (SSSR count). The molecule has 0 saturated heterocycles. The number of carbonyl (C=O) groups is 1. The molecule has 0 heterocycles. The highest BCUT2D eigenvalue weighted by Crippen LogP contribution is 1.95. The van der Waals surface area contributed by atoms with Crippen LogP contribution in [0.1, 0.15) is 20.3 Å². The molecule has 0 aromatic carbocycles. The van der Waals surface area contributed by atoms with Crippen LogP contribution in [-0.2, 0) is 14.3 Å². The first-order valence-electron chi connectivity index (χ1n) is 4.74. The normalized spacial score (nSPS) is 11.7. The minimum atomic E-state index is -0.876. The van der Waals surface area contributed by atoms with Crippen molar-refractivity contribution in [3.05, 3.63) is 11.6 Å². The lowest BCUT2D eigenvalue weighted by Crippen LogP contribution is -2.04. The van der Waals surface area contributed by atoms with E-state index >= 15 is 0 Å². The molecule has 0 aromatic heterocycles. The van der Waals surface area contributed by atoms with Crippen LogP contribution >= 0.6 is 0 Å². The predicted molar refractivity (Wildman–Crippen MR) is 53.3 cm³/mol. The molecule has 0 radical (unpaired) electrons. The van der Waals surface area contributed by atoms with Gasteiger partial charge in [0.05, 0.1) is 19.8 Å².